The minimum atomic E-state index is 0.853. The fourth-order valence-corrected chi connectivity index (χ4v) is 2.15. The highest BCUT2D eigenvalue weighted by Crippen LogP contribution is 2.26. The average Bonchev–Trinajstić information content (AvgIpc) is 2.13. The molecule has 1 N–H and O–H groups in total. The van der Waals surface area contributed by atoms with Gasteiger partial charge in [-0.05, 0) is 31.3 Å². The van der Waals surface area contributed by atoms with E-state index in [0.29, 0.717) is 0 Å². The zero-order valence-electron chi connectivity index (χ0n) is 10.1. The second-order valence-electron chi connectivity index (χ2n) is 4.35. The maximum absolute atomic E-state index is 3.30. The highest BCUT2D eigenvalue weighted by molar-refractivity contribution is 4.71. The van der Waals surface area contributed by atoms with Gasteiger partial charge in [-0.1, -0.05) is 47.0 Å². The Labute approximate surface area is 84.3 Å². The first kappa shape index (κ1) is 13.0. The maximum atomic E-state index is 3.30. The second kappa shape index (κ2) is 7.37. The normalized spacial score (nSPS) is 18.2. The van der Waals surface area contributed by atoms with Crippen molar-refractivity contribution in [2.75, 3.05) is 13.6 Å². The molecule has 0 fully saturated rings. The molecule has 13 heavy (non-hydrogen) atoms. The second-order valence-corrected chi connectivity index (χ2v) is 4.35. The average molecular weight is 185 g/mol. The van der Waals surface area contributed by atoms with Crippen LogP contribution in [0.1, 0.15) is 47.0 Å². The van der Waals surface area contributed by atoms with E-state index in [1.165, 1.54) is 25.8 Å². The zero-order valence-corrected chi connectivity index (χ0v) is 10.1. The lowest BCUT2D eigenvalue weighted by Crippen LogP contribution is -2.27. The summed E-state index contributed by atoms with van der Waals surface area (Å²) in [6, 6.07) is 0. The molecular weight excluding hydrogens is 158 g/mol. The first-order valence-corrected chi connectivity index (χ1v) is 5.81. The van der Waals surface area contributed by atoms with E-state index >= 15 is 0 Å². The van der Waals surface area contributed by atoms with Gasteiger partial charge in [0.05, 0.1) is 0 Å². The Morgan fingerprint density at radius 2 is 1.77 bits per heavy atom. The molecule has 0 spiro atoms. The van der Waals surface area contributed by atoms with Crippen LogP contribution in [0.25, 0.3) is 0 Å². The molecule has 0 aliphatic rings. The summed E-state index contributed by atoms with van der Waals surface area (Å²) in [6.07, 6.45) is 4.00. The van der Waals surface area contributed by atoms with Crippen molar-refractivity contribution in [1.82, 2.24) is 5.32 Å². The lowest BCUT2D eigenvalue weighted by molar-refractivity contribution is 0.239. The Hall–Kier alpha value is -0.0400. The summed E-state index contributed by atoms with van der Waals surface area (Å²) in [4.78, 5) is 0. The number of hydrogen-bond acceptors (Lipinski definition) is 1. The van der Waals surface area contributed by atoms with Crippen molar-refractivity contribution in [3.8, 4) is 0 Å². The smallest absolute Gasteiger partial charge is 0.00210 e. The Morgan fingerprint density at radius 1 is 1.15 bits per heavy atom. The zero-order chi connectivity index (χ0) is 10.3. The molecule has 3 atom stereocenters. The van der Waals surface area contributed by atoms with Gasteiger partial charge in [-0.25, -0.2) is 0 Å². The van der Waals surface area contributed by atoms with Crippen LogP contribution < -0.4 is 5.32 Å². The Bertz CT molecular complexity index is 112. The number of rotatable bonds is 7. The van der Waals surface area contributed by atoms with Crippen molar-refractivity contribution in [3.63, 3.8) is 0 Å². The fourth-order valence-electron chi connectivity index (χ4n) is 2.15. The van der Waals surface area contributed by atoms with E-state index in [4.69, 9.17) is 0 Å². The van der Waals surface area contributed by atoms with Crippen LogP contribution in [-0.4, -0.2) is 13.6 Å². The number of nitrogens with one attached hydrogen (secondary N) is 1. The highest BCUT2D eigenvalue weighted by atomic mass is 14.8. The Morgan fingerprint density at radius 3 is 2.15 bits per heavy atom. The topological polar surface area (TPSA) is 12.0 Å². The third kappa shape index (κ3) is 4.66. The molecule has 0 rings (SSSR count). The predicted octanol–water partition coefficient (Wildman–Crippen LogP) is 3.30. The summed E-state index contributed by atoms with van der Waals surface area (Å²) in [6.45, 7) is 10.6. The third-order valence-corrected chi connectivity index (χ3v) is 3.38. The van der Waals surface area contributed by atoms with Crippen LogP contribution >= 0.6 is 0 Å². The van der Waals surface area contributed by atoms with E-state index in [9.17, 15) is 0 Å². The van der Waals surface area contributed by atoms with Gasteiger partial charge in [0.1, 0.15) is 0 Å². The van der Waals surface area contributed by atoms with Gasteiger partial charge in [0.15, 0.2) is 0 Å². The molecule has 0 saturated heterocycles. The predicted molar refractivity (Wildman–Crippen MR) is 60.9 cm³/mol. The van der Waals surface area contributed by atoms with Gasteiger partial charge in [-0.2, -0.15) is 0 Å². The van der Waals surface area contributed by atoms with Crippen LogP contribution in [0.2, 0.25) is 0 Å². The van der Waals surface area contributed by atoms with Crippen molar-refractivity contribution < 1.29 is 0 Å². The van der Waals surface area contributed by atoms with E-state index in [-0.39, 0.29) is 0 Å². The molecule has 0 amide bonds. The Kier molecular flexibility index (Phi) is 7.35. The molecule has 0 radical (unpaired) electrons. The summed E-state index contributed by atoms with van der Waals surface area (Å²) in [5.41, 5.74) is 0. The first-order chi connectivity index (χ1) is 6.17. The van der Waals surface area contributed by atoms with Gasteiger partial charge in [0, 0.05) is 0 Å². The lowest BCUT2D eigenvalue weighted by atomic mass is 9.80. The molecular formula is C12H27N. The minimum absolute atomic E-state index is 0.853. The van der Waals surface area contributed by atoms with Crippen LogP contribution in [0, 0.1) is 17.8 Å². The van der Waals surface area contributed by atoms with Crippen LogP contribution in [0.5, 0.6) is 0 Å². The van der Waals surface area contributed by atoms with Crippen LogP contribution in [0.15, 0.2) is 0 Å². The molecule has 0 bridgehead atoms. The molecule has 0 heterocycles. The molecule has 0 aliphatic carbocycles. The first-order valence-electron chi connectivity index (χ1n) is 5.81. The van der Waals surface area contributed by atoms with Crippen molar-refractivity contribution in [1.29, 1.82) is 0 Å². The van der Waals surface area contributed by atoms with Crippen molar-refractivity contribution in [3.05, 3.63) is 0 Å². The highest BCUT2D eigenvalue weighted by Gasteiger charge is 2.19. The minimum Gasteiger partial charge on any atom is -0.319 e. The molecule has 0 aromatic carbocycles. The summed E-state index contributed by atoms with van der Waals surface area (Å²) < 4.78 is 0. The van der Waals surface area contributed by atoms with Gasteiger partial charge in [0.25, 0.3) is 0 Å². The van der Waals surface area contributed by atoms with Crippen LogP contribution in [0.4, 0.5) is 0 Å². The monoisotopic (exact) mass is 185 g/mol. The van der Waals surface area contributed by atoms with Gasteiger partial charge in [-0.15, -0.1) is 0 Å². The molecule has 0 aromatic rings. The number of hydrogen-bond donors (Lipinski definition) is 1. The van der Waals surface area contributed by atoms with E-state index in [0.717, 1.165) is 17.8 Å². The molecule has 1 heteroatoms. The summed E-state index contributed by atoms with van der Waals surface area (Å²) in [5.74, 6) is 2.59. The molecule has 1 nitrogen and oxygen atoms in total. The quantitative estimate of drug-likeness (QED) is 0.641. The summed E-state index contributed by atoms with van der Waals surface area (Å²) >= 11 is 0. The molecule has 3 unspecified atom stereocenters. The molecule has 0 aromatic heterocycles. The van der Waals surface area contributed by atoms with Gasteiger partial charge >= 0.3 is 0 Å². The largest absolute Gasteiger partial charge is 0.319 e. The van der Waals surface area contributed by atoms with Crippen LogP contribution in [0.3, 0.4) is 0 Å². The molecule has 0 aliphatic heterocycles. The lowest BCUT2D eigenvalue weighted by Gasteiger charge is -2.27. The van der Waals surface area contributed by atoms with Gasteiger partial charge in [-0.3, -0.25) is 0 Å². The van der Waals surface area contributed by atoms with Gasteiger partial charge in [0.2, 0.25) is 0 Å². The fraction of sp³-hybridized carbons (Fsp3) is 1.00. The van der Waals surface area contributed by atoms with E-state index < -0.39 is 0 Å². The maximum Gasteiger partial charge on any atom is -0.00210 e. The van der Waals surface area contributed by atoms with E-state index in [1.807, 2.05) is 0 Å². The summed E-state index contributed by atoms with van der Waals surface area (Å²) in [5, 5.41) is 3.30. The molecule has 80 valence electrons. The third-order valence-electron chi connectivity index (χ3n) is 3.38. The van der Waals surface area contributed by atoms with Crippen molar-refractivity contribution >= 4 is 0 Å². The van der Waals surface area contributed by atoms with E-state index in [2.05, 4.69) is 40.1 Å². The van der Waals surface area contributed by atoms with Gasteiger partial charge < -0.3 is 5.32 Å². The van der Waals surface area contributed by atoms with E-state index in [1.54, 1.807) is 0 Å². The van der Waals surface area contributed by atoms with Crippen molar-refractivity contribution in [2.24, 2.45) is 17.8 Å². The van der Waals surface area contributed by atoms with Crippen molar-refractivity contribution in [2.45, 2.75) is 47.0 Å². The summed E-state index contributed by atoms with van der Waals surface area (Å²) in [7, 11) is 2.06. The Balaban J connectivity index is 3.94. The SMILES string of the molecule is CCCC(C)C(C)C(CC)CNC. The molecule has 0 saturated carbocycles. The standard InChI is InChI=1S/C12H27N/c1-6-8-10(3)11(4)12(7-2)9-13-5/h10-13H,6-9H2,1-5H3. The van der Waals surface area contributed by atoms with Crippen LogP contribution in [-0.2, 0) is 0 Å².